The van der Waals surface area contributed by atoms with Crippen LogP contribution in [-0.2, 0) is 6.54 Å². The minimum Gasteiger partial charge on any atom is -0.356 e. The molecule has 0 N–H and O–H groups in total. The Bertz CT molecular complexity index is 872. The van der Waals surface area contributed by atoms with Gasteiger partial charge < -0.3 is 9.42 Å². The standard InChI is InChI=1S/C18H17N5O/c19-11-14-5-6-18(20-12-14)23-9-7-22(8-10-23)13-16-15-3-1-2-4-17(15)24-21-16/h1-6,12H,7-10,13H2. The molecule has 24 heavy (non-hydrogen) atoms. The molecule has 3 aromatic rings. The van der Waals surface area contributed by atoms with Gasteiger partial charge in [-0.1, -0.05) is 17.3 Å². The number of rotatable bonds is 3. The van der Waals surface area contributed by atoms with Gasteiger partial charge in [0, 0.05) is 44.3 Å². The summed E-state index contributed by atoms with van der Waals surface area (Å²) >= 11 is 0. The van der Waals surface area contributed by atoms with Crippen molar-refractivity contribution in [3.05, 3.63) is 53.9 Å². The first-order valence-corrected chi connectivity index (χ1v) is 8.00. The van der Waals surface area contributed by atoms with Gasteiger partial charge in [0.25, 0.3) is 0 Å². The third-order valence-electron chi connectivity index (χ3n) is 4.40. The van der Waals surface area contributed by atoms with Gasteiger partial charge in [0.2, 0.25) is 0 Å². The number of nitriles is 1. The predicted molar refractivity (Wildman–Crippen MR) is 90.5 cm³/mol. The summed E-state index contributed by atoms with van der Waals surface area (Å²) in [5.74, 6) is 0.931. The van der Waals surface area contributed by atoms with Crippen LogP contribution in [0.2, 0.25) is 0 Å². The van der Waals surface area contributed by atoms with Crippen molar-refractivity contribution in [1.29, 1.82) is 5.26 Å². The lowest BCUT2D eigenvalue weighted by Gasteiger charge is -2.35. The van der Waals surface area contributed by atoms with Gasteiger partial charge in [0.05, 0.1) is 5.56 Å². The van der Waals surface area contributed by atoms with Crippen molar-refractivity contribution < 1.29 is 4.52 Å². The molecule has 0 bridgehead atoms. The van der Waals surface area contributed by atoms with Crippen LogP contribution in [0.25, 0.3) is 11.0 Å². The molecular formula is C18H17N5O. The van der Waals surface area contributed by atoms with Crippen LogP contribution in [0.5, 0.6) is 0 Å². The highest BCUT2D eigenvalue weighted by molar-refractivity contribution is 5.79. The van der Waals surface area contributed by atoms with E-state index in [9.17, 15) is 0 Å². The molecule has 1 aromatic carbocycles. The van der Waals surface area contributed by atoms with Gasteiger partial charge in [-0.15, -0.1) is 0 Å². The highest BCUT2D eigenvalue weighted by Gasteiger charge is 2.20. The van der Waals surface area contributed by atoms with Crippen LogP contribution in [-0.4, -0.2) is 41.2 Å². The van der Waals surface area contributed by atoms with Crippen LogP contribution in [0, 0.1) is 11.3 Å². The molecule has 1 aliphatic heterocycles. The number of benzene rings is 1. The van der Waals surface area contributed by atoms with E-state index in [2.05, 4.69) is 32.1 Å². The Morgan fingerprint density at radius 3 is 2.67 bits per heavy atom. The van der Waals surface area contributed by atoms with Crippen LogP contribution < -0.4 is 4.90 Å². The van der Waals surface area contributed by atoms with Gasteiger partial charge in [-0.25, -0.2) is 4.98 Å². The summed E-state index contributed by atoms with van der Waals surface area (Å²) in [4.78, 5) is 9.00. The van der Waals surface area contributed by atoms with E-state index in [0.29, 0.717) is 5.56 Å². The maximum atomic E-state index is 8.85. The first-order chi connectivity index (χ1) is 11.8. The van der Waals surface area contributed by atoms with Crippen molar-refractivity contribution in [3.8, 4) is 6.07 Å². The van der Waals surface area contributed by atoms with Gasteiger partial charge >= 0.3 is 0 Å². The van der Waals surface area contributed by atoms with Crippen molar-refractivity contribution in [2.45, 2.75) is 6.54 Å². The van der Waals surface area contributed by atoms with E-state index in [1.807, 2.05) is 30.3 Å². The highest BCUT2D eigenvalue weighted by atomic mass is 16.5. The van der Waals surface area contributed by atoms with E-state index >= 15 is 0 Å². The maximum Gasteiger partial charge on any atom is 0.167 e. The molecule has 3 heterocycles. The van der Waals surface area contributed by atoms with Crippen LogP contribution >= 0.6 is 0 Å². The van der Waals surface area contributed by atoms with E-state index < -0.39 is 0 Å². The first-order valence-electron chi connectivity index (χ1n) is 8.00. The molecule has 4 rings (SSSR count). The van der Waals surface area contributed by atoms with Crippen molar-refractivity contribution in [2.24, 2.45) is 0 Å². The second-order valence-electron chi connectivity index (χ2n) is 5.91. The Balaban J connectivity index is 1.40. The summed E-state index contributed by atoms with van der Waals surface area (Å²) in [5, 5.41) is 14.2. The Morgan fingerprint density at radius 1 is 1.08 bits per heavy atom. The van der Waals surface area contributed by atoms with Gasteiger partial charge in [-0.05, 0) is 24.3 Å². The molecule has 0 saturated carbocycles. The molecule has 0 amide bonds. The average molecular weight is 319 g/mol. The largest absolute Gasteiger partial charge is 0.356 e. The molecule has 0 spiro atoms. The van der Waals surface area contributed by atoms with E-state index in [1.165, 1.54) is 0 Å². The zero-order valence-electron chi connectivity index (χ0n) is 13.2. The summed E-state index contributed by atoms with van der Waals surface area (Å²) in [6.07, 6.45) is 1.63. The van der Waals surface area contributed by atoms with Crippen molar-refractivity contribution in [2.75, 3.05) is 31.1 Å². The Hall–Kier alpha value is -2.91. The average Bonchev–Trinajstić information content (AvgIpc) is 3.06. The number of nitrogens with zero attached hydrogens (tertiary/aromatic N) is 5. The number of piperazine rings is 1. The molecule has 0 aliphatic carbocycles. The summed E-state index contributed by atoms with van der Waals surface area (Å²) in [6, 6.07) is 13.8. The number of hydrogen-bond acceptors (Lipinski definition) is 6. The van der Waals surface area contributed by atoms with Gasteiger partial charge in [0.15, 0.2) is 5.58 Å². The molecule has 1 aliphatic rings. The lowest BCUT2D eigenvalue weighted by molar-refractivity contribution is 0.243. The summed E-state index contributed by atoms with van der Waals surface area (Å²) in [5.41, 5.74) is 2.43. The molecule has 1 fully saturated rings. The van der Waals surface area contributed by atoms with Crippen LogP contribution in [0.3, 0.4) is 0 Å². The summed E-state index contributed by atoms with van der Waals surface area (Å²) < 4.78 is 5.38. The number of hydrogen-bond donors (Lipinski definition) is 0. The minimum absolute atomic E-state index is 0.593. The van der Waals surface area contributed by atoms with E-state index in [4.69, 9.17) is 9.78 Å². The van der Waals surface area contributed by atoms with E-state index in [0.717, 1.165) is 55.2 Å². The fourth-order valence-electron chi connectivity index (χ4n) is 3.04. The zero-order chi connectivity index (χ0) is 16.4. The molecular weight excluding hydrogens is 302 g/mol. The molecule has 0 radical (unpaired) electrons. The molecule has 6 heteroatoms. The molecule has 120 valence electrons. The smallest absolute Gasteiger partial charge is 0.167 e. The summed E-state index contributed by atoms with van der Waals surface area (Å²) in [6.45, 7) is 4.51. The van der Waals surface area contributed by atoms with Crippen molar-refractivity contribution >= 4 is 16.8 Å². The van der Waals surface area contributed by atoms with Gasteiger partial charge in [0.1, 0.15) is 17.6 Å². The number of anilines is 1. The molecule has 0 unspecified atom stereocenters. The number of fused-ring (bicyclic) bond motifs is 1. The van der Waals surface area contributed by atoms with Crippen LogP contribution in [0.15, 0.2) is 47.1 Å². The van der Waals surface area contributed by atoms with Crippen molar-refractivity contribution in [1.82, 2.24) is 15.0 Å². The zero-order valence-corrected chi connectivity index (χ0v) is 13.2. The third kappa shape index (κ3) is 2.82. The highest BCUT2D eigenvalue weighted by Crippen LogP contribution is 2.20. The van der Waals surface area contributed by atoms with Gasteiger partial charge in [-0.2, -0.15) is 5.26 Å². The second-order valence-corrected chi connectivity index (χ2v) is 5.91. The fourth-order valence-corrected chi connectivity index (χ4v) is 3.04. The maximum absolute atomic E-state index is 8.85. The van der Waals surface area contributed by atoms with E-state index in [1.54, 1.807) is 6.20 Å². The topological polar surface area (TPSA) is 69.2 Å². The van der Waals surface area contributed by atoms with E-state index in [-0.39, 0.29) is 0 Å². The number of para-hydroxylation sites is 1. The molecule has 2 aromatic heterocycles. The molecule has 1 saturated heterocycles. The Morgan fingerprint density at radius 2 is 1.92 bits per heavy atom. The number of aromatic nitrogens is 2. The van der Waals surface area contributed by atoms with Gasteiger partial charge in [-0.3, -0.25) is 4.90 Å². The third-order valence-corrected chi connectivity index (χ3v) is 4.40. The predicted octanol–water partition coefficient (Wildman–Crippen LogP) is 2.42. The summed E-state index contributed by atoms with van der Waals surface area (Å²) in [7, 11) is 0. The van der Waals surface area contributed by atoms with Crippen LogP contribution in [0.4, 0.5) is 5.82 Å². The molecule has 0 atom stereocenters. The SMILES string of the molecule is N#Cc1ccc(N2CCN(Cc3noc4ccccc34)CC2)nc1. The van der Waals surface area contributed by atoms with Crippen molar-refractivity contribution in [3.63, 3.8) is 0 Å². The lowest BCUT2D eigenvalue weighted by atomic mass is 10.2. The van der Waals surface area contributed by atoms with Crippen LogP contribution in [0.1, 0.15) is 11.3 Å². The normalized spacial score (nSPS) is 15.5. The number of pyridine rings is 1. The quantitative estimate of drug-likeness (QED) is 0.738. The Kier molecular flexibility index (Phi) is 3.85. The molecule has 6 nitrogen and oxygen atoms in total. The lowest BCUT2D eigenvalue weighted by Crippen LogP contribution is -2.46. The second kappa shape index (κ2) is 6.30. The minimum atomic E-state index is 0.593. The first kappa shape index (κ1) is 14.7. The Labute approximate surface area is 139 Å². The monoisotopic (exact) mass is 319 g/mol. The fraction of sp³-hybridized carbons (Fsp3) is 0.278.